The minimum Gasteiger partial charge on any atom is -0.325 e. The van der Waals surface area contributed by atoms with Crippen molar-refractivity contribution in [2.75, 3.05) is 23.7 Å². The molecule has 4 rings (SSSR count). The first kappa shape index (κ1) is 20.0. The van der Waals surface area contributed by atoms with Crippen molar-refractivity contribution in [3.63, 3.8) is 0 Å². The van der Waals surface area contributed by atoms with Crippen LogP contribution in [0.4, 0.5) is 15.2 Å². The fourth-order valence-electron chi connectivity index (χ4n) is 2.98. The molecule has 2 aromatic heterocycles. The van der Waals surface area contributed by atoms with E-state index >= 15 is 0 Å². The maximum atomic E-state index is 13.2. The third-order valence-corrected chi connectivity index (χ3v) is 6.36. The second-order valence-electron chi connectivity index (χ2n) is 6.49. The normalized spacial score (nSPS) is 13.7. The van der Waals surface area contributed by atoms with Crippen LogP contribution in [0.1, 0.15) is 20.9 Å². The standard InChI is InChI=1S/C19H16ClFN4O2S2/c20-13-7-12(1-2-14(13)21)22-17(26)9-25-5-3-15-16(8-25)29-19(23-15)24-18(27)11-4-6-28-10-11/h1-2,4,6-7,10H,3,5,8-9H2,(H,22,26)(H,23,24,27). The molecule has 2 N–H and O–H groups in total. The summed E-state index contributed by atoms with van der Waals surface area (Å²) in [7, 11) is 0. The number of thiophene rings is 1. The molecule has 0 spiro atoms. The first-order chi connectivity index (χ1) is 14.0. The Balaban J connectivity index is 1.34. The lowest BCUT2D eigenvalue weighted by atomic mass is 10.2. The minimum absolute atomic E-state index is 0.0351. The lowest BCUT2D eigenvalue weighted by molar-refractivity contribution is -0.117. The Morgan fingerprint density at radius 3 is 2.90 bits per heavy atom. The van der Waals surface area contributed by atoms with Gasteiger partial charge in [0.05, 0.1) is 22.8 Å². The van der Waals surface area contributed by atoms with E-state index in [0.717, 1.165) is 10.6 Å². The number of halogens is 2. The highest BCUT2D eigenvalue weighted by molar-refractivity contribution is 7.16. The number of hydrogen-bond acceptors (Lipinski definition) is 6. The van der Waals surface area contributed by atoms with Crippen molar-refractivity contribution in [1.29, 1.82) is 0 Å². The second-order valence-corrected chi connectivity index (χ2v) is 8.76. The van der Waals surface area contributed by atoms with Gasteiger partial charge in [-0.25, -0.2) is 9.37 Å². The molecule has 29 heavy (non-hydrogen) atoms. The van der Waals surface area contributed by atoms with Crippen molar-refractivity contribution in [2.45, 2.75) is 13.0 Å². The van der Waals surface area contributed by atoms with Crippen LogP contribution in [-0.2, 0) is 17.8 Å². The van der Waals surface area contributed by atoms with Gasteiger partial charge >= 0.3 is 0 Å². The highest BCUT2D eigenvalue weighted by Crippen LogP contribution is 2.29. The monoisotopic (exact) mass is 450 g/mol. The van der Waals surface area contributed by atoms with Crippen LogP contribution >= 0.6 is 34.3 Å². The quantitative estimate of drug-likeness (QED) is 0.609. The average Bonchev–Trinajstić information content (AvgIpc) is 3.34. The van der Waals surface area contributed by atoms with Crippen LogP contribution < -0.4 is 10.6 Å². The lowest BCUT2D eigenvalue weighted by Crippen LogP contribution is -2.36. The Morgan fingerprint density at radius 2 is 2.14 bits per heavy atom. The third-order valence-electron chi connectivity index (χ3n) is 4.38. The van der Waals surface area contributed by atoms with Gasteiger partial charge in [0.25, 0.3) is 5.91 Å². The number of carbonyl (C=O) groups is 2. The van der Waals surface area contributed by atoms with Gasteiger partial charge in [-0.1, -0.05) is 11.6 Å². The molecule has 0 unspecified atom stereocenters. The molecule has 1 aliphatic rings. The summed E-state index contributed by atoms with van der Waals surface area (Å²) in [5, 5.41) is 9.74. The van der Waals surface area contributed by atoms with Crippen molar-refractivity contribution in [3.05, 3.63) is 62.0 Å². The third kappa shape index (κ3) is 4.81. The Bertz CT molecular complexity index is 1050. The largest absolute Gasteiger partial charge is 0.325 e. The topological polar surface area (TPSA) is 74.3 Å². The fraction of sp³-hybridized carbons (Fsp3) is 0.211. The SMILES string of the molecule is O=C(CN1CCc2nc(NC(=O)c3ccsc3)sc2C1)Nc1ccc(F)c(Cl)c1. The number of carbonyl (C=O) groups excluding carboxylic acids is 2. The summed E-state index contributed by atoms with van der Waals surface area (Å²) in [5.41, 5.74) is 2.02. The number of fused-ring (bicyclic) bond motifs is 1. The number of thiazole rings is 1. The first-order valence-electron chi connectivity index (χ1n) is 8.77. The maximum Gasteiger partial charge on any atom is 0.258 e. The summed E-state index contributed by atoms with van der Waals surface area (Å²) < 4.78 is 13.2. The van der Waals surface area contributed by atoms with Gasteiger partial charge in [0.1, 0.15) is 5.82 Å². The van der Waals surface area contributed by atoms with Crippen LogP contribution in [0.2, 0.25) is 5.02 Å². The smallest absolute Gasteiger partial charge is 0.258 e. The van der Waals surface area contributed by atoms with Gasteiger partial charge in [-0.2, -0.15) is 11.3 Å². The molecule has 3 aromatic rings. The molecule has 0 saturated heterocycles. The van der Waals surface area contributed by atoms with E-state index < -0.39 is 5.82 Å². The second kappa shape index (κ2) is 8.58. The lowest BCUT2D eigenvalue weighted by Gasteiger charge is -2.25. The van der Waals surface area contributed by atoms with Gasteiger partial charge in [-0.15, -0.1) is 11.3 Å². The van der Waals surface area contributed by atoms with Crippen molar-refractivity contribution in [1.82, 2.24) is 9.88 Å². The highest BCUT2D eigenvalue weighted by Gasteiger charge is 2.23. The van der Waals surface area contributed by atoms with Crippen molar-refractivity contribution in [3.8, 4) is 0 Å². The summed E-state index contributed by atoms with van der Waals surface area (Å²) in [4.78, 5) is 32.1. The van der Waals surface area contributed by atoms with Crippen LogP contribution in [0.3, 0.4) is 0 Å². The molecule has 0 bridgehead atoms. The van der Waals surface area contributed by atoms with Gasteiger partial charge in [-0.05, 0) is 29.6 Å². The number of hydrogen-bond donors (Lipinski definition) is 2. The number of nitrogens with one attached hydrogen (secondary N) is 2. The fourth-order valence-corrected chi connectivity index (χ4v) is 4.84. The number of amides is 2. The van der Waals surface area contributed by atoms with Crippen LogP contribution in [0.5, 0.6) is 0 Å². The Labute approximate surface area is 179 Å². The molecule has 150 valence electrons. The number of anilines is 2. The molecule has 3 heterocycles. The summed E-state index contributed by atoms with van der Waals surface area (Å²) >= 11 is 8.64. The molecule has 0 radical (unpaired) electrons. The van der Waals surface area contributed by atoms with Crippen LogP contribution in [-0.4, -0.2) is 34.8 Å². The summed E-state index contributed by atoms with van der Waals surface area (Å²) in [6.45, 7) is 1.47. The molecule has 0 fully saturated rings. The summed E-state index contributed by atoms with van der Waals surface area (Å²) in [5.74, 6) is -0.904. The molecule has 0 aliphatic carbocycles. The highest BCUT2D eigenvalue weighted by atomic mass is 35.5. The molecule has 1 aromatic carbocycles. The number of nitrogens with zero attached hydrogens (tertiary/aromatic N) is 2. The summed E-state index contributed by atoms with van der Waals surface area (Å²) in [6, 6.07) is 5.84. The number of aromatic nitrogens is 1. The van der Waals surface area contributed by atoms with Crippen molar-refractivity contribution in [2.24, 2.45) is 0 Å². The van der Waals surface area contributed by atoms with E-state index in [2.05, 4.69) is 15.6 Å². The van der Waals surface area contributed by atoms with E-state index in [-0.39, 0.29) is 23.4 Å². The zero-order chi connectivity index (χ0) is 20.4. The number of benzene rings is 1. The van der Waals surface area contributed by atoms with E-state index in [4.69, 9.17) is 11.6 Å². The molecule has 0 atom stereocenters. The molecule has 0 saturated carbocycles. The zero-order valence-electron chi connectivity index (χ0n) is 15.1. The first-order valence-corrected chi connectivity index (χ1v) is 10.9. The van der Waals surface area contributed by atoms with Gasteiger partial charge in [0, 0.05) is 35.5 Å². The van der Waals surface area contributed by atoms with Gasteiger partial charge in [0.2, 0.25) is 5.91 Å². The Hall–Kier alpha value is -2.33. The molecule has 1 aliphatic heterocycles. The molecule has 2 amide bonds. The minimum atomic E-state index is -0.527. The predicted octanol–water partition coefficient (Wildman–Crippen LogP) is 4.25. The maximum absolute atomic E-state index is 13.2. The van der Waals surface area contributed by atoms with E-state index in [1.54, 1.807) is 11.4 Å². The Morgan fingerprint density at radius 1 is 1.28 bits per heavy atom. The van der Waals surface area contributed by atoms with Crippen molar-refractivity contribution < 1.29 is 14.0 Å². The molecule has 10 heteroatoms. The molecule has 6 nitrogen and oxygen atoms in total. The van der Waals surface area contributed by atoms with Crippen LogP contribution in [0.15, 0.2) is 35.0 Å². The van der Waals surface area contributed by atoms with Crippen molar-refractivity contribution >= 4 is 56.9 Å². The zero-order valence-corrected chi connectivity index (χ0v) is 17.5. The predicted molar refractivity (Wildman–Crippen MR) is 113 cm³/mol. The van der Waals surface area contributed by atoms with Gasteiger partial charge < -0.3 is 5.32 Å². The Kier molecular flexibility index (Phi) is 5.91. The average molecular weight is 451 g/mol. The van der Waals surface area contributed by atoms with E-state index in [9.17, 15) is 14.0 Å². The van der Waals surface area contributed by atoms with Gasteiger partial charge in [-0.3, -0.25) is 19.8 Å². The number of rotatable bonds is 5. The van der Waals surface area contributed by atoms with Crippen LogP contribution in [0.25, 0.3) is 0 Å². The molecular formula is C19H16ClFN4O2S2. The van der Waals surface area contributed by atoms with E-state index in [1.165, 1.54) is 40.9 Å². The molecular weight excluding hydrogens is 435 g/mol. The van der Waals surface area contributed by atoms with Crippen LogP contribution in [0, 0.1) is 5.82 Å². The van der Waals surface area contributed by atoms with E-state index in [1.807, 2.05) is 10.3 Å². The van der Waals surface area contributed by atoms with Gasteiger partial charge in [0.15, 0.2) is 5.13 Å². The summed E-state index contributed by atoms with van der Waals surface area (Å²) in [6.07, 6.45) is 0.704. The van der Waals surface area contributed by atoms with E-state index in [0.29, 0.717) is 35.9 Å².